The Balaban J connectivity index is 0.000000360. The van der Waals surface area contributed by atoms with Crippen LogP contribution in [0.3, 0.4) is 0 Å². The third-order valence-corrected chi connectivity index (χ3v) is 6.54. The van der Waals surface area contributed by atoms with Gasteiger partial charge in [-0.1, -0.05) is 0 Å². The highest BCUT2D eigenvalue weighted by Crippen LogP contribution is 2.32. The van der Waals surface area contributed by atoms with Gasteiger partial charge in [-0.15, -0.1) is 22.7 Å². The van der Waals surface area contributed by atoms with Crippen LogP contribution in [0.2, 0.25) is 0 Å². The number of aryl methyl sites for hydroxylation is 1. The summed E-state index contributed by atoms with van der Waals surface area (Å²) in [5.74, 6) is -2.74. The Hall–Kier alpha value is -2.06. The van der Waals surface area contributed by atoms with Gasteiger partial charge in [0.2, 0.25) is 0 Å². The van der Waals surface area contributed by atoms with Gasteiger partial charge in [0.05, 0.1) is 31.3 Å². The molecule has 2 aromatic rings. The second-order valence-corrected chi connectivity index (χ2v) is 9.57. The largest absolute Gasteiger partial charge is 0.490 e. The molecule has 2 saturated heterocycles. The molecule has 2 aromatic heterocycles. The van der Waals surface area contributed by atoms with Crippen LogP contribution in [0.25, 0.3) is 0 Å². The van der Waals surface area contributed by atoms with Crippen LogP contribution in [0.4, 0.5) is 18.2 Å². The highest BCUT2D eigenvalue weighted by molar-refractivity contribution is 7.16. The molecule has 13 heteroatoms. The minimum atomic E-state index is -5.08. The number of amides is 1. The zero-order chi connectivity index (χ0) is 23.4. The van der Waals surface area contributed by atoms with Crippen LogP contribution in [0.15, 0.2) is 23.7 Å². The number of nitrogens with zero attached hydrogens (tertiary/aromatic N) is 3. The number of alkyl halides is 3. The van der Waals surface area contributed by atoms with Gasteiger partial charge in [0.1, 0.15) is 17.2 Å². The fraction of sp³-hybridized carbons (Fsp3) is 0.526. The third-order valence-electron chi connectivity index (χ3n) is 4.75. The number of carboxylic acids is 1. The number of carbonyl (C=O) groups excluding carboxylic acids is 1. The van der Waals surface area contributed by atoms with Crippen LogP contribution in [0.1, 0.15) is 9.88 Å². The molecule has 0 aromatic carbocycles. The first-order chi connectivity index (χ1) is 15.1. The first-order valence-electron chi connectivity index (χ1n) is 9.57. The van der Waals surface area contributed by atoms with Gasteiger partial charge in [-0.25, -0.2) is 9.78 Å². The summed E-state index contributed by atoms with van der Waals surface area (Å²) in [7, 11) is 0. The first-order valence-corrected chi connectivity index (χ1v) is 11.3. The van der Waals surface area contributed by atoms with Gasteiger partial charge in [0.15, 0.2) is 0 Å². The Bertz CT molecular complexity index is 922. The van der Waals surface area contributed by atoms with Crippen LogP contribution < -0.4 is 4.90 Å². The first kappa shape index (κ1) is 24.6. The highest BCUT2D eigenvalue weighted by atomic mass is 32.1. The van der Waals surface area contributed by atoms with E-state index in [0.717, 1.165) is 29.6 Å². The fourth-order valence-electron chi connectivity index (χ4n) is 3.31. The van der Waals surface area contributed by atoms with Gasteiger partial charge < -0.3 is 14.6 Å². The van der Waals surface area contributed by atoms with E-state index in [0.29, 0.717) is 19.8 Å². The Morgan fingerprint density at radius 1 is 1.34 bits per heavy atom. The van der Waals surface area contributed by atoms with Crippen molar-refractivity contribution in [2.45, 2.75) is 25.2 Å². The molecule has 2 aliphatic rings. The number of aliphatic carboxylic acids is 1. The molecule has 1 unspecified atom stereocenters. The summed E-state index contributed by atoms with van der Waals surface area (Å²) in [6.07, 6.45) is -3.25. The van der Waals surface area contributed by atoms with Crippen molar-refractivity contribution in [2.24, 2.45) is 0 Å². The zero-order valence-electron chi connectivity index (χ0n) is 17.1. The summed E-state index contributed by atoms with van der Waals surface area (Å²) in [5, 5.41) is 11.2. The minimum Gasteiger partial charge on any atom is -0.475 e. The molecule has 8 nitrogen and oxygen atoms in total. The van der Waals surface area contributed by atoms with Crippen LogP contribution in [-0.4, -0.2) is 78.1 Å². The summed E-state index contributed by atoms with van der Waals surface area (Å²) in [5.41, 5.74) is -0.487. The summed E-state index contributed by atoms with van der Waals surface area (Å²) >= 11 is 3.30. The smallest absolute Gasteiger partial charge is 0.475 e. The highest BCUT2D eigenvalue weighted by Gasteiger charge is 2.43. The lowest BCUT2D eigenvalue weighted by molar-refractivity contribution is -0.192. The predicted octanol–water partition coefficient (Wildman–Crippen LogP) is 2.78. The quantitative estimate of drug-likeness (QED) is 0.703. The Labute approximate surface area is 190 Å². The van der Waals surface area contributed by atoms with E-state index in [-0.39, 0.29) is 12.5 Å². The number of carboxylic acid groups (broad SMARTS) is 1. The van der Waals surface area contributed by atoms with Crippen LogP contribution >= 0.6 is 22.7 Å². The number of hydrogen-bond donors (Lipinski definition) is 1. The molecule has 32 heavy (non-hydrogen) atoms. The van der Waals surface area contributed by atoms with Gasteiger partial charge in [-0.05, 0) is 19.1 Å². The average Bonchev–Trinajstić information content (AvgIpc) is 3.34. The average molecular weight is 494 g/mol. The number of thiophene rings is 1. The second kappa shape index (κ2) is 10.3. The van der Waals surface area contributed by atoms with Crippen molar-refractivity contribution in [1.29, 1.82) is 0 Å². The maximum Gasteiger partial charge on any atom is 0.490 e. The van der Waals surface area contributed by atoms with E-state index in [1.807, 2.05) is 28.6 Å². The lowest BCUT2D eigenvalue weighted by Crippen LogP contribution is -2.60. The van der Waals surface area contributed by atoms with Gasteiger partial charge in [0, 0.05) is 29.5 Å². The molecule has 4 heterocycles. The molecule has 1 N–H and O–H groups in total. The summed E-state index contributed by atoms with van der Waals surface area (Å²) < 4.78 is 43.6. The van der Waals surface area contributed by atoms with E-state index in [1.54, 1.807) is 22.7 Å². The lowest BCUT2D eigenvalue weighted by Gasteiger charge is -2.42. The normalized spacial score (nSPS) is 22.4. The van der Waals surface area contributed by atoms with E-state index in [9.17, 15) is 18.0 Å². The van der Waals surface area contributed by atoms with Crippen molar-refractivity contribution in [3.05, 3.63) is 33.6 Å². The Kier molecular flexibility index (Phi) is 7.88. The van der Waals surface area contributed by atoms with E-state index < -0.39 is 17.7 Å². The zero-order valence-corrected chi connectivity index (χ0v) is 18.8. The molecule has 2 fully saturated rings. The van der Waals surface area contributed by atoms with Crippen molar-refractivity contribution in [1.82, 2.24) is 9.88 Å². The monoisotopic (exact) mass is 493 g/mol. The van der Waals surface area contributed by atoms with Crippen molar-refractivity contribution in [2.75, 3.05) is 44.4 Å². The number of halogens is 3. The molecular weight excluding hydrogens is 471 g/mol. The maximum absolute atomic E-state index is 12.4. The van der Waals surface area contributed by atoms with Gasteiger partial charge in [-0.3, -0.25) is 14.6 Å². The number of carbonyl (C=O) groups is 2. The topological polar surface area (TPSA) is 92.2 Å². The molecule has 1 amide bonds. The Morgan fingerprint density at radius 3 is 2.69 bits per heavy atom. The van der Waals surface area contributed by atoms with E-state index in [1.165, 1.54) is 4.88 Å². The van der Waals surface area contributed by atoms with Crippen molar-refractivity contribution >= 4 is 39.6 Å². The number of morpholine rings is 1. The second-order valence-electron chi connectivity index (χ2n) is 7.33. The summed E-state index contributed by atoms with van der Waals surface area (Å²) in [6, 6.07) is 4.07. The standard InChI is InChI=1S/C17H21N3O3S2.C2HF3O2/c1-13-2-3-16(25-13)20-11-17(23-9-15(20)21)10-19(5-6-22-12-17)8-14-18-4-7-24-14;3-2(4,5)1(6)7/h2-4,7H,5-6,8-12H2,1H3;(H,6,7). The molecule has 4 rings (SSSR count). The molecule has 176 valence electrons. The number of thiazole rings is 1. The number of aromatic nitrogens is 1. The molecule has 0 bridgehead atoms. The van der Waals surface area contributed by atoms with E-state index in [4.69, 9.17) is 19.4 Å². The van der Waals surface area contributed by atoms with Crippen molar-refractivity contribution < 1.29 is 37.3 Å². The molecule has 0 aliphatic carbocycles. The van der Waals surface area contributed by atoms with Crippen LogP contribution in [0, 0.1) is 6.92 Å². The number of anilines is 1. The third kappa shape index (κ3) is 6.48. The lowest BCUT2D eigenvalue weighted by atomic mass is 10.0. The fourth-order valence-corrected chi connectivity index (χ4v) is 4.84. The number of ether oxygens (including phenoxy) is 2. The summed E-state index contributed by atoms with van der Waals surface area (Å²) in [6.45, 7) is 6.23. The molecular formula is C19H22F3N3O5S2. The predicted molar refractivity (Wildman–Crippen MR) is 112 cm³/mol. The Morgan fingerprint density at radius 2 is 2.09 bits per heavy atom. The molecule has 0 radical (unpaired) electrons. The molecule has 2 aliphatic heterocycles. The van der Waals surface area contributed by atoms with Gasteiger partial charge >= 0.3 is 12.1 Å². The van der Waals surface area contributed by atoms with Crippen molar-refractivity contribution in [3.8, 4) is 0 Å². The van der Waals surface area contributed by atoms with Crippen LogP contribution in [-0.2, 0) is 25.6 Å². The summed E-state index contributed by atoms with van der Waals surface area (Å²) in [4.78, 5) is 31.1. The molecule has 1 spiro atoms. The van der Waals surface area contributed by atoms with E-state index in [2.05, 4.69) is 16.8 Å². The minimum absolute atomic E-state index is 0.0168. The van der Waals surface area contributed by atoms with Crippen LogP contribution in [0.5, 0.6) is 0 Å². The van der Waals surface area contributed by atoms with Crippen molar-refractivity contribution in [3.63, 3.8) is 0 Å². The van der Waals surface area contributed by atoms with Gasteiger partial charge in [0.25, 0.3) is 5.91 Å². The molecule has 1 atom stereocenters. The molecule has 0 saturated carbocycles. The maximum atomic E-state index is 12.4. The number of rotatable bonds is 3. The SMILES string of the molecule is Cc1ccc(N2CC3(COCCN(Cc4nccs4)C3)OCC2=O)s1.O=C(O)C(F)(F)F. The number of hydrogen-bond acceptors (Lipinski definition) is 8. The van der Waals surface area contributed by atoms with Gasteiger partial charge in [-0.2, -0.15) is 13.2 Å². The van der Waals surface area contributed by atoms with E-state index >= 15 is 0 Å².